The number of hydrogen-bond acceptors (Lipinski definition) is 4. The minimum atomic E-state index is -4.67. The third kappa shape index (κ3) is 5.66. The van der Waals surface area contributed by atoms with Crippen LogP contribution in [0.3, 0.4) is 0 Å². The maximum Gasteiger partial charge on any atom is 0.416 e. The van der Waals surface area contributed by atoms with Crippen LogP contribution in [0.4, 0.5) is 13.2 Å². The number of benzene rings is 3. The molecule has 41 heavy (non-hydrogen) atoms. The van der Waals surface area contributed by atoms with Crippen molar-refractivity contribution in [1.29, 1.82) is 0 Å². The third-order valence-corrected chi connectivity index (χ3v) is 7.42. The Bertz CT molecular complexity index is 1790. The van der Waals surface area contributed by atoms with Crippen LogP contribution in [0.2, 0.25) is 15.1 Å². The van der Waals surface area contributed by atoms with Crippen LogP contribution in [0.5, 0.6) is 0 Å². The predicted octanol–water partition coefficient (Wildman–Crippen LogP) is 8.61. The number of ketones is 1. The molecule has 5 rings (SSSR count). The summed E-state index contributed by atoms with van der Waals surface area (Å²) in [7, 11) is 0. The van der Waals surface area contributed by atoms with Gasteiger partial charge in [-0.3, -0.25) is 4.79 Å². The molecular weight excluding hydrogens is 598 g/mol. The normalized spacial score (nSPS) is 11.9. The molecule has 6 nitrogen and oxygen atoms in total. The lowest BCUT2D eigenvalue weighted by Gasteiger charge is -2.17. The van der Waals surface area contributed by atoms with Crippen LogP contribution in [0.1, 0.15) is 32.9 Å². The largest absolute Gasteiger partial charge is 0.416 e. The molecule has 0 unspecified atom stereocenters. The molecule has 2 aromatic heterocycles. The van der Waals surface area contributed by atoms with Gasteiger partial charge in [-0.1, -0.05) is 70.3 Å². The number of halogens is 6. The van der Waals surface area contributed by atoms with Crippen molar-refractivity contribution in [3.63, 3.8) is 0 Å². The molecule has 5 aromatic rings. The molecule has 0 atom stereocenters. The second kappa shape index (κ2) is 11.2. The highest BCUT2D eigenvalue weighted by molar-refractivity contribution is 6.43. The Labute approximate surface area is 247 Å². The van der Waals surface area contributed by atoms with E-state index in [1.165, 1.54) is 19.9 Å². The molecule has 0 saturated heterocycles. The van der Waals surface area contributed by atoms with Crippen LogP contribution >= 0.6 is 34.8 Å². The van der Waals surface area contributed by atoms with Crippen molar-refractivity contribution in [3.05, 3.63) is 116 Å². The van der Waals surface area contributed by atoms with Crippen LogP contribution in [0.15, 0.2) is 72.9 Å². The van der Waals surface area contributed by atoms with Crippen molar-refractivity contribution in [1.82, 2.24) is 24.8 Å². The molecule has 0 spiro atoms. The summed E-state index contributed by atoms with van der Waals surface area (Å²) in [5.41, 5.74) is 1.71. The summed E-state index contributed by atoms with van der Waals surface area (Å²) in [5.74, 6) is -0.518. The number of nitrogens with zero attached hydrogens (tertiary/aromatic N) is 5. The first-order valence-corrected chi connectivity index (χ1v) is 13.2. The van der Waals surface area contributed by atoms with E-state index in [9.17, 15) is 18.0 Å². The molecule has 0 saturated carbocycles. The lowest BCUT2D eigenvalue weighted by atomic mass is 10.1. The van der Waals surface area contributed by atoms with Crippen LogP contribution in [-0.4, -0.2) is 30.6 Å². The van der Waals surface area contributed by atoms with E-state index in [2.05, 4.69) is 10.3 Å². The molecular formula is C29H19Cl3F3N5O. The van der Waals surface area contributed by atoms with Gasteiger partial charge in [0.05, 0.1) is 38.4 Å². The Morgan fingerprint density at radius 2 is 1.66 bits per heavy atom. The first-order valence-electron chi connectivity index (χ1n) is 12.1. The lowest BCUT2D eigenvalue weighted by molar-refractivity contribution is -0.138. The second-order valence-corrected chi connectivity index (χ2v) is 10.3. The first kappa shape index (κ1) is 28.6. The van der Waals surface area contributed by atoms with Gasteiger partial charge in [0.15, 0.2) is 5.69 Å². The molecule has 3 aromatic carbocycles. The van der Waals surface area contributed by atoms with Gasteiger partial charge < -0.3 is 0 Å². The molecule has 0 amide bonds. The van der Waals surface area contributed by atoms with Crippen LogP contribution in [-0.2, 0) is 6.18 Å². The van der Waals surface area contributed by atoms with Gasteiger partial charge in [0.25, 0.3) is 0 Å². The molecule has 208 valence electrons. The van der Waals surface area contributed by atoms with Crippen LogP contribution < -0.4 is 0 Å². The predicted molar refractivity (Wildman–Crippen MR) is 153 cm³/mol. The minimum absolute atomic E-state index is 0.0613. The van der Waals surface area contributed by atoms with E-state index in [-0.39, 0.29) is 32.7 Å². The Morgan fingerprint density at radius 3 is 2.32 bits per heavy atom. The lowest BCUT2D eigenvalue weighted by Crippen LogP contribution is -2.12. The Kier molecular flexibility index (Phi) is 7.78. The van der Waals surface area contributed by atoms with E-state index in [1.807, 2.05) is 42.5 Å². The fourth-order valence-corrected chi connectivity index (χ4v) is 4.92. The van der Waals surface area contributed by atoms with Crippen LogP contribution in [0.25, 0.3) is 28.7 Å². The van der Waals surface area contributed by atoms with Gasteiger partial charge in [0, 0.05) is 22.3 Å². The topological polar surface area (TPSA) is 65.6 Å². The zero-order chi connectivity index (χ0) is 29.5. The number of hydrogen-bond donors (Lipinski definition) is 0. The van der Waals surface area contributed by atoms with Gasteiger partial charge in [-0.25, -0.2) is 9.36 Å². The zero-order valence-electron chi connectivity index (χ0n) is 21.4. The van der Waals surface area contributed by atoms with Crippen molar-refractivity contribution in [3.8, 4) is 22.6 Å². The van der Waals surface area contributed by atoms with Crippen molar-refractivity contribution in [2.75, 3.05) is 0 Å². The highest BCUT2D eigenvalue weighted by atomic mass is 35.5. The Morgan fingerprint density at radius 1 is 0.976 bits per heavy atom. The zero-order valence-corrected chi connectivity index (χ0v) is 23.7. The summed E-state index contributed by atoms with van der Waals surface area (Å²) in [6.07, 6.45) is 0.00664. The molecule has 0 aliphatic rings. The van der Waals surface area contributed by atoms with Gasteiger partial charge >= 0.3 is 6.18 Å². The van der Waals surface area contributed by atoms with E-state index in [1.54, 1.807) is 29.1 Å². The molecule has 0 N–H and O–H groups in total. The molecule has 0 aliphatic carbocycles. The van der Waals surface area contributed by atoms with Gasteiger partial charge in [-0.15, -0.1) is 5.10 Å². The summed E-state index contributed by atoms with van der Waals surface area (Å²) in [5, 5.41) is 12.7. The number of carbonyl (C=O) groups excluding carboxylic acids is 1. The molecule has 0 fully saturated rings. The average molecular weight is 617 g/mol. The van der Waals surface area contributed by atoms with Gasteiger partial charge in [0.2, 0.25) is 5.78 Å². The second-order valence-electron chi connectivity index (χ2n) is 9.04. The highest BCUT2D eigenvalue weighted by Gasteiger charge is 2.35. The van der Waals surface area contributed by atoms with Crippen molar-refractivity contribution >= 4 is 46.7 Å². The number of allylic oxidation sites excluding steroid dienone is 1. The summed E-state index contributed by atoms with van der Waals surface area (Å²) < 4.78 is 43.6. The van der Waals surface area contributed by atoms with E-state index < -0.39 is 17.5 Å². The smallest absolute Gasteiger partial charge is 0.287 e. The number of rotatable bonds is 6. The van der Waals surface area contributed by atoms with Gasteiger partial charge in [-0.05, 0) is 61.9 Å². The maximum atomic E-state index is 13.6. The number of para-hydroxylation sites is 1. The molecule has 12 heteroatoms. The van der Waals surface area contributed by atoms with E-state index in [0.717, 1.165) is 22.0 Å². The van der Waals surface area contributed by atoms with Crippen molar-refractivity contribution in [2.24, 2.45) is 0 Å². The van der Waals surface area contributed by atoms with E-state index in [0.29, 0.717) is 16.3 Å². The SMILES string of the molecule is Cc1c(C(F)(F)F)cc(Cl)c(Cl)c1-n1nnc(C(=O)/C=C/c2cn(-c3ccccc3)nc2-c2ccc(Cl)cc2)c1C. The van der Waals surface area contributed by atoms with E-state index >= 15 is 0 Å². The monoisotopic (exact) mass is 615 g/mol. The Balaban J connectivity index is 1.53. The average Bonchev–Trinajstić information content (AvgIpc) is 3.54. The standard InChI is InChI=1S/C29H19Cl3F3N5O/c1-16-22(29(33,34)35)14-23(31)25(32)28(16)40-17(2)26(36-38-40)24(41)13-10-19-15-39(21-6-4-3-5-7-21)37-27(19)18-8-11-20(30)12-9-18/h3-15H,1-2H3/b13-10+. The maximum absolute atomic E-state index is 13.6. The molecule has 0 aliphatic heterocycles. The summed E-state index contributed by atoms with van der Waals surface area (Å²) in [6, 6.07) is 17.3. The molecule has 0 bridgehead atoms. The Hall–Kier alpha value is -3.92. The van der Waals surface area contributed by atoms with Crippen molar-refractivity contribution in [2.45, 2.75) is 20.0 Å². The molecule has 0 radical (unpaired) electrons. The first-order chi connectivity index (χ1) is 19.5. The summed E-state index contributed by atoms with van der Waals surface area (Å²) in [4.78, 5) is 13.2. The highest BCUT2D eigenvalue weighted by Crippen LogP contribution is 2.41. The van der Waals surface area contributed by atoms with Crippen molar-refractivity contribution < 1.29 is 18.0 Å². The number of alkyl halides is 3. The third-order valence-electron chi connectivity index (χ3n) is 6.39. The quantitative estimate of drug-likeness (QED) is 0.142. The van der Waals surface area contributed by atoms with Gasteiger partial charge in [0.1, 0.15) is 0 Å². The number of carbonyl (C=O) groups is 1. The van der Waals surface area contributed by atoms with Gasteiger partial charge in [-0.2, -0.15) is 18.3 Å². The number of aromatic nitrogens is 5. The summed E-state index contributed by atoms with van der Waals surface area (Å²) in [6.45, 7) is 2.77. The van der Waals surface area contributed by atoms with Crippen LogP contribution in [0, 0.1) is 13.8 Å². The minimum Gasteiger partial charge on any atom is -0.287 e. The fraction of sp³-hybridized carbons (Fsp3) is 0.103. The fourth-order valence-electron chi connectivity index (χ4n) is 4.32. The summed E-state index contributed by atoms with van der Waals surface area (Å²) >= 11 is 18.4. The van der Waals surface area contributed by atoms with E-state index in [4.69, 9.17) is 39.9 Å². The molecule has 2 heterocycles.